The molecule has 0 aliphatic heterocycles. The molecule has 4 aliphatic carbocycles. The van der Waals surface area contributed by atoms with E-state index in [2.05, 4.69) is 36.8 Å². The van der Waals surface area contributed by atoms with Gasteiger partial charge in [0.2, 0.25) is 0 Å². The highest BCUT2D eigenvalue weighted by Crippen LogP contribution is 2.67. The largest absolute Gasteiger partial charge is 0.393 e. The van der Waals surface area contributed by atoms with Gasteiger partial charge in [0.1, 0.15) is 5.82 Å². The minimum Gasteiger partial charge on any atom is -0.393 e. The van der Waals surface area contributed by atoms with Crippen molar-refractivity contribution in [2.24, 2.45) is 40.4 Å². The van der Waals surface area contributed by atoms with Crippen LogP contribution in [0.25, 0.3) is 0 Å². The molecule has 3 heteroatoms. The highest BCUT2D eigenvalue weighted by Gasteiger charge is 2.59. The molecule has 0 unspecified atom stereocenters. The van der Waals surface area contributed by atoms with E-state index < -0.39 is 0 Å². The predicted octanol–water partition coefficient (Wildman–Crippen LogP) is 5.99. The van der Waals surface area contributed by atoms with Crippen LogP contribution >= 0.6 is 0 Å². The fourth-order valence-corrected chi connectivity index (χ4v) is 8.63. The van der Waals surface area contributed by atoms with Gasteiger partial charge in [0.25, 0.3) is 0 Å². The van der Waals surface area contributed by atoms with Gasteiger partial charge in [-0.05, 0) is 104 Å². The van der Waals surface area contributed by atoms with E-state index in [-0.39, 0.29) is 6.10 Å². The normalized spacial score (nSPS) is 43.9. The third-order valence-corrected chi connectivity index (χ3v) is 10.3. The Hall–Kier alpha value is -1.22. The highest BCUT2D eigenvalue weighted by atomic mass is 16.3. The van der Waals surface area contributed by atoms with Crippen molar-refractivity contribution < 1.29 is 5.11 Å². The molecule has 3 nitrogen and oxygen atoms in total. The number of fused-ring (bicyclic) bond motifs is 5. The molecule has 1 N–H and O–H groups in total. The van der Waals surface area contributed by atoms with Crippen molar-refractivity contribution in [2.45, 2.75) is 91.1 Å². The van der Waals surface area contributed by atoms with Crippen molar-refractivity contribution in [1.29, 1.82) is 0 Å². The molecule has 0 bridgehead atoms. The molecule has 0 radical (unpaired) electrons. The van der Waals surface area contributed by atoms with E-state index in [9.17, 15) is 5.11 Å². The van der Waals surface area contributed by atoms with E-state index in [0.717, 1.165) is 54.7 Å². The molecule has 0 amide bonds. The number of allylic oxidation sites excluding steroid dienone is 1. The van der Waals surface area contributed by atoms with Gasteiger partial charge in [-0.3, -0.25) is 0 Å². The second kappa shape index (κ2) is 7.73. The van der Waals surface area contributed by atoms with E-state index in [1.54, 1.807) is 5.57 Å². The molecule has 0 spiro atoms. The summed E-state index contributed by atoms with van der Waals surface area (Å²) in [5.74, 6) is 5.19. The lowest BCUT2D eigenvalue weighted by atomic mass is 9.47. The number of aromatic nitrogens is 2. The zero-order valence-electron chi connectivity index (χ0n) is 19.2. The molecular weight excluding hydrogens is 368 g/mol. The fourth-order valence-electron chi connectivity index (χ4n) is 8.63. The van der Waals surface area contributed by atoms with Gasteiger partial charge in [-0.1, -0.05) is 32.4 Å². The maximum absolute atomic E-state index is 10.2. The lowest BCUT2D eigenvalue weighted by Gasteiger charge is -2.58. The first-order chi connectivity index (χ1) is 14.4. The number of rotatable bonds is 4. The van der Waals surface area contributed by atoms with Crippen LogP contribution in [0.1, 0.15) is 84.4 Å². The molecule has 0 aromatic carbocycles. The number of aliphatic hydroxyl groups excluding tert-OH is 1. The van der Waals surface area contributed by atoms with Gasteiger partial charge in [-0.2, -0.15) is 0 Å². The van der Waals surface area contributed by atoms with Crippen LogP contribution in [0, 0.1) is 40.4 Å². The topological polar surface area (TPSA) is 46.0 Å². The van der Waals surface area contributed by atoms with Crippen LogP contribution in [-0.4, -0.2) is 21.2 Å². The molecule has 164 valence electrons. The average molecular weight is 409 g/mol. The average Bonchev–Trinajstić information content (AvgIpc) is 3.10. The van der Waals surface area contributed by atoms with E-state index in [1.807, 2.05) is 18.5 Å². The van der Waals surface area contributed by atoms with Gasteiger partial charge in [0.05, 0.1) is 6.10 Å². The monoisotopic (exact) mass is 408 g/mol. The first kappa shape index (κ1) is 20.7. The van der Waals surface area contributed by atoms with E-state index in [0.29, 0.717) is 10.8 Å². The third kappa shape index (κ3) is 3.27. The predicted molar refractivity (Wildman–Crippen MR) is 121 cm³/mol. The summed E-state index contributed by atoms with van der Waals surface area (Å²) in [6.45, 7) is 7.68. The summed E-state index contributed by atoms with van der Waals surface area (Å²) >= 11 is 0. The van der Waals surface area contributed by atoms with Crippen molar-refractivity contribution in [2.75, 3.05) is 0 Å². The standard InChI is InChI=1S/C27H40N2O/c1-18(5-10-25-28-15-4-16-29-25)22-8-9-23-21-7-6-19-17-20(30)11-13-26(19,2)24(21)12-14-27(22,23)3/h4,6,15-16,18,20-24,30H,5,7-14,17H2,1-3H3/t18-,20+,21+,22-,23+,24+,26+,27-/m1/s1. The van der Waals surface area contributed by atoms with Crippen LogP contribution < -0.4 is 0 Å². The lowest BCUT2D eigenvalue weighted by Crippen LogP contribution is -2.50. The second-order valence-electron chi connectivity index (χ2n) is 11.6. The third-order valence-electron chi connectivity index (χ3n) is 10.3. The molecule has 5 rings (SSSR count). The van der Waals surface area contributed by atoms with Crippen LogP contribution in [0.3, 0.4) is 0 Å². The number of aryl methyl sites for hydroxylation is 1. The summed E-state index contributed by atoms with van der Waals surface area (Å²) in [7, 11) is 0. The van der Waals surface area contributed by atoms with E-state index in [4.69, 9.17) is 0 Å². The van der Waals surface area contributed by atoms with Gasteiger partial charge >= 0.3 is 0 Å². The Morgan fingerprint density at radius 1 is 1.07 bits per heavy atom. The summed E-state index contributed by atoms with van der Waals surface area (Å²) in [4.78, 5) is 8.89. The molecule has 0 saturated heterocycles. The number of hydrogen-bond acceptors (Lipinski definition) is 3. The van der Waals surface area contributed by atoms with Gasteiger partial charge in [0, 0.05) is 18.8 Å². The highest BCUT2D eigenvalue weighted by molar-refractivity contribution is 5.25. The van der Waals surface area contributed by atoms with Crippen molar-refractivity contribution >= 4 is 0 Å². The summed E-state index contributed by atoms with van der Waals surface area (Å²) < 4.78 is 0. The zero-order chi connectivity index (χ0) is 20.9. The minimum atomic E-state index is -0.0972. The summed E-state index contributed by atoms with van der Waals surface area (Å²) in [5.41, 5.74) is 2.46. The van der Waals surface area contributed by atoms with Crippen molar-refractivity contribution in [3.8, 4) is 0 Å². The Morgan fingerprint density at radius 3 is 2.67 bits per heavy atom. The maximum Gasteiger partial charge on any atom is 0.128 e. The Labute approximate surface area is 182 Å². The smallest absolute Gasteiger partial charge is 0.128 e. The Kier molecular flexibility index (Phi) is 5.32. The van der Waals surface area contributed by atoms with Crippen LogP contribution in [0.2, 0.25) is 0 Å². The molecule has 3 saturated carbocycles. The molecule has 8 atom stereocenters. The summed E-state index contributed by atoms with van der Waals surface area (Å²) in [6, 6.07) is 1.91. The zero-order valence-corrected chi connectivity index (χ0v) is 19.2. The van der Waals surface area contributed by atoms with Crippen LogP contribution in [0.5, 0.6) is 0 Å². The first-order valence-corrected chi connectivity index (χ1v) is 12.6. The quantitative estimate of drug-likeness (QED) is 0.623. The number of nitrogens with zero attached hydrogens (tertiary/aromatic N) is 2. The maximum atomic E-state index is 10.2. The summed E-state index contributed by atoms with van der Waals surface area (Å²) in [5, 5.41) is 10.2. The van der Waals surface area contributed by atoms with Crippen molar-refractivity contribution in [1.82, 2.24) is 9.97 Å². The Morgan fingerprint density at radius 2 is 1.87 bits per heavy atom. The van der Waals surface area contributed by atoms with Gasteiger partial charge in [-0.15, -0.1) is 0 Å². The Balaban J connectivity index is 1.31. The van der Waals surface area contributed by atoms with Crippen LogP contribution in [0.4, 0.5) is 0 Å². The van der Waals surface area contributed by atoms with E-state index >= 15 is 0 Å². The number of aliphatic hydroxyl groups is 1. The fraction of sp³-hybridized carbons (Fsp3) is 0.778. The molecule has 4 aliphatic rings. The lowest BCUT2D eigenvalue weighted by molar-refractivity contribution is -0.0571. The van der Waals surface area contributed by atoms with Gasteiger partial charge < -0.3 is 5.11 Å². The molecule has 3 fully saturated rings. The van der Waals surface area contributed by atoms with Crippen molar-refractivity contribution in [3.63, 3.8) is 0 Å². The van der Waals surface area contributed by atoms with E-state index in [1.165, 1.54) is 44.9 Å². The van der Waals surface area contributed by atoms with Gasteiger partial charge in [-0.25, -0.2) is 9.97 Å². The minimum absolute atomic E-state index is 0.0972. The SMILES string of the molecule is C[C@H](CCc1ncccn1)[C@H]1CC[C@H]2[C@@H]3CC=C4C[C@@H](O)CC[C@]4(C)[C@H]3CC[C@]12C. The molecule has 1 heterocycles. The molecule has 1 aromatic heterocycles. The van der Waals surface area contributed by atoms with Gasteiger partial charge in [0.15, 0.2) is 0 Å². The molecule has 30 heavy (non-hydrogen) atoms. The summed E-state index contributed by atoms with van der Waals surface area (Å²) in [6.07, 6.45) is 18.5. The molecular formula is C27H40N2O. The number of hydrogen-bond donors (Lipinski definition) is 1. The first-order valence-electron chi connectivity index (χ1n) is 12.6. The second-order valence-corrected chi connectivity index (χ2v) is 11.6. The molecule has 1 aromatic rings. The van der Waals surface area contributed by atoms with Crippen LogP contribution in [-0.2, 0) is 6.42 Å². The Bertz CT molecular complexity index is 791. The van der Waals surface area contributed by atoms with Crippen LogP contribution in [0.15, 0.2) is 30.1 Å². The van der Waals surface area contributed by atoms with Crippen molar-refractivity contribution in [3.05, 3.63) is 35.9 Å².